The van der Waals surface area contributed by atoms with E-state index in [4.69, 9.17) is 5.73 Å². The van der Waals surface area contributed by atoms with E-state index < -0.39 is 0 Å². The standard InChI is InChI=1S/C14H24N2S/c1-3-12-6-5-8-16(12)14(13(15)4-2)11-7-9-17-10-11/h7,9-10,12-14H,3-6,8,15H2,1-2H3. The lowest BCUT2D eigenvalue weighted by Gasteiger charge is -2.36. The fourth-order valence-electron chi connectivity index (χ4n) is 3.01. The number of hydrogen-bond acceptors (Lipinski definition) is 3. The number of likely N-dealkylation sites (tertiary alicyclic amines) is 1. The average Bonchev–Trinajstić information content (AvgIpc) is 3.00. The molecule has 3 unspecified atom stereocenters. The van der Waals surface area contributed by atoms with Crippen LogP contribution in [0.1, 0.15) is 51.1 Å². The molecule has 0 amide bonds. The molecule has 3 atom stereocenters. The third-order valence-corrected chi connectivity index (χ3v) is 4.71. The first kappa shape index (κ1) is 13.1. The van der Waals surface area contributed by atoms with E-state index in [9.17, 15) is 0 Å². The summed E-state index contributed by atoms with van der Waals surface area (Å²) in [6.07, 6.45) is 4.97. The molecule has 0 bridgehead atoms. The summed E-state index contributed by atoms with van der Waals surface area (Å²) in [6.45, 7) is 5.71. The van der Waals surface area contributed by atoms with Crippen molar-refractivity contribution >= 4 is 11.3 Å². The van der Waals surface area contributed by atoms with Crippen LogP contribution in [0.3, 0.4) is 0 Å². The zero-order chi connectivity index (χ0) is 12.3. The van der Waals surface area contributed by atoms with Crippen molar-refractivity contribution in [1.82, 2.24) is 4.90 Å². The molecule has 1 aromatic heterocycles. The first-order valence-electron chi connectivity index (χ1n) is 6.81. The molecular formula is C14H24N2S. The van der Waals surface area contributed by atoms with E-state index in [0.29, 0.717) is 6.04 Å². The predicted molar refractivity (Wildman–Crippen MR) is 75.3 cm³/mol. The third-order valence-electron chi connectivity index (χ3n) is 4.01. The molecule has 2 rings (SSSR count). The maximum Gasteiger partial charge on any atom is 0.0510 e. The highest BCUT2D eigenvalue weighted by molar-refractivity contribution is 7.07. The fourth-order valence-corrected chi connectivity index (χ4v) is 3.70. The van der Waals surface area contributed by atoms with Crippen LogP contribution in [-0.4, -0.2) is 23.5 Å². The largest absolute Gasteiger partial charge is 0.326 e. The summed E-state index contributed by atoms with van der Waals surface area (Å²) >= 11 is 1.78. The van der Waals surface area contributed by atoms with Gasteiger partial charge < -0.3 is 5.73 Å². The Morgan fingerprint density at radius 1 is 1.53 bits per heavy atom. The van der Waals surface area contributed by atoms with Gasteiger partial charge in [0.05, 0.1) is 6.04 Å². The molecule has 2 nitrogen and oxygen atoms in total. The second-order valence-corrected chi connectivity index (χ2v) is 5.80. The van der Waals surface area contributed by atoms with E-state index >= 15 is 0 Å². The molecule has 0 radical (unpaired) electrons. The van der Waals surface area contributed by atoms with E-state index in [-0.39, 0.29) is 6.04 Å². The van der Waals surface area contributed by atoms with Gasteiger partial charge in [0.1, 0.15) is 0 Å². The number of rotatable bonds is 5. The summed E-state index contributed by atoms with van der Waals surface area (Å²) in [6, 6.07) is 3.67. The fraction of sp³-hybridized carbons (Fsp3) is 0.714. The van der Waals surface area contributed by atoms with Gasteiger partial charge in [-0.1, -0.05) is 13.8 Å². The average molecular weight is 252 g/mol. The minimum absolute atomic E-state index is 0.261. The van der Waals surface area contributed by atoms with Crippen LogP contribution in [-0.2, 0) is 0 Å². The number of nitrogens with two attached hydrogens (primary N) is 1. The molecular weight excluding hydrogens is 228 g/mol. The second kappa shape index (κ2) is 5.98. The smallest absolute Gasteiger partial charge is 0.0510 e. The first-order chi connectivity index (χ1) is 8.27. The van der Waals surface area contributed by atoms with Gasteiger partial charge in [-0.05, 0) is 54.6 Å². The predicted octanol–water partition coefficient (Wildman–Crippen LogP) is 3.40. The molecule has 1 aliphatic heterocycles. The molecule has 1 aliphatic rings. The molecule has 1 aromatic rings. The van der Waals surface area contributed by atoms with E-state index in [1.54, 1.807) is 11.3 Å². The maximum absolute atomic E-state index is 6.37. The maximum atomic E-state index is 6.37. The topological polar surface area (TPSA) is 29.3 Å². The van der Waals surface area contributed by atoms with Crippen LogP contribution in [0, 0.1) is 0 Å². The summed E-state index contributed by atoms with van der Waals surface area (Å²) in [5, 5.41) is 4.44. The van der Waals surface area contributed by atoms with Gasteiger partial charge in [-0.15, -0.1) is 0 Å². The summed E-state index contributed by atoms with van der Waals surface area (Å²) < 4.78 is 0. The van der Waals surface area contributed by atoms with Crippen LogP contribution >= 0.6 is 11.3 Å². The second-order valence-electron chi connectivity index (χ2n) is 5.02. The molecule has 0 aromatic carbocycles. The van der Waals surface area contributed by atoms with Crippen molar-refractivity contribution in [3.63, 3.8) is 0 Å². The van der Waals surface area contributed by atoms with Crippen molar-refractivity contribution in [3.8, 4) is 0 Å². The quantitative estimate of drug-likeness (QED) is 0.870. The molecule has 1 fully saturated rings. The molecule has 0 aliphatic carbocycles. The summed E-state index contributed by atoms with van der Waals surface area (Å²) in [7, 11) is 0. The van der Waals surface area contributed by atoms with Crippen LogP contribution in [0.2, 0.25) is 0 Å². The number of thiophene rings is 1. The molecule has 3 heteroatoms. The van der Waals surface area contributed by atoms with E-state index in [1.165, 1.54) is 31.4 Å². The van der Waals surface area contributed by atoms with Gasteiger partial charge in [-0.25, -0.2) is 0 Å². The zero-order valence-electron chi connectivity index (χ0n) is 10.9. The van der Waals surface area contributed by atoms with Crippen LogP contribution in [0.5, 0.6) is 0 Å². The minimum Gasteiger partial charge on any atom is -0.326 e. The Morgan fingerprint density at radius 2 is 2.35 bits per heavy atom. The van der Waals surface area contributed by atoms with E-state index in [0.717, 1.165) is 12.5 Å². The van der Waals surface area contributed by atoms with Gasteiger partial charge in [0.2, 0.25) is 0 Å². The Balaban J connectivity index is 2.21. The Bertz CT molecular complexity index is 323. The van der Waals surface area contributed by atoms with Gasteiger partial charge in [0.25, 0.3) is 0 Å². The summed E-state index contributed by atoms with van der Waals surface area (Å²) in [5.74, 6) is 0. The monoisotopic (exact) mass is 252 g/mol. The lowest BCUT2D eigenvalue weighted by Crippen LogP contribution is -2.42. The number of hydrogen-bond donors (Lipinski definition) is 1. The Kier molecular flexibility index (Phi) is 4.60. The van der Waals surface area contributed by atoms with Crippen molar-refractivity contribution in [1.29, 1.82) is 0 Å². The highest BCUT2D eigenvalue weighted by Crippen LogP contribution is 2.34. The number of nitrogens with zero attached hydrogens (tertiary/aromatic N) is 1. The molecule has 1 saturated heterocycles. The molecule has 0 spiro atoms. The van der Waals surface area contributed by atoms with Crippen molar-refractivity contribution in [2.24, 2.45) is 5.73 Å². The highest BCUT2D eigenvalue weighted by atomic mass is 32.1. The normalized spacial score (nSPS) is 25.0. The molecule has 2 N–H and O–H groups in total. The van der Waals surface area contributed by atoms with Crippen molar-refractivity contribution in [3.05, 3.63) is 22.4 Å². The minimum atomic E-state index is 0.261. The SMILES string of the molecule is CCC(N)C(c1ccsc1)N1CCCC1CC. The van der Waals surface area contributed by atoms with Crippen LogP contribution < -0.4 is 5.73 Å². The van der Waals surface area contributed by atoms with Crippen molar-refractivity contribution in [2.45, 2.75) is 57.7 Å². The van der Waals surface area contributed by atoms with Crippen LogP contribution in [0.25, 0.3) is 0 Å². The van der Waals surface area contributed by atoms with Gasteiger partial charge in [0, 0.05) is 12.1 Å². The molecule has 2 heterocycles. The Labute approximate surface area is 109 Å². The zero-order valence-corrected chi connectivity index (χ0v) is 11.7. The summed E-state index contributed by atoms with van der Waals surface area (Å²) in [5.41, 5.74) is 7.79. The first-order valence-corrected chi connectivity index (χ1v) is 7.75. The Morgan fingerprint density at radius 3 is 2.94 bits per heavy atom. The third kappa shape index (κ3) is 2.72. The lowest BCUT2D eigenvalue weighted by atomic mass is 9.97. The Hall–Kier alpha value is -0.380. The molecule has 96 valence electrons. The molecule has 0 saturated carbocycles. The van der Waals surface area contributed by atoms with Gasteiger partial charge in [0.15, 0.2) is 0 Å². The summed E-state index contributed by atoms with van der Waals surface area (Å²) in [4.78, 5) is 2.65. The van der Waals surface area contributed by atoms with Gasteiger partial charge >= 0.3 is 0 Å². The van der Waals surface area contributed by atoms with Gasteiger partial charge in [-0.2, -0.15) is 11.3 Å². The van der Waals surface area contributed by atoms with Crippen molar-refractivity contribution in [2.75, 3.05) is 6.54 Å². The lowest BCUT2D eigenvalue weighted by molar-refractivity contribution is 0.151. The van der Waals surface area contributed by atoms with E-state index in [1.807, 2.05) is 0 Å². The van der Waals surface area contributed by atoms with Crippen molar-refractivity contribution < 1.29 is 0 Å². The molecule has 17 heavy (non-hydrogen) atoms. The van der Waals surface area contributed by atoms with Crippen LogP contribution in [0.4, 0.5) is 0 Å². The highest BCUT2D eigenvalue weighted by Gasteiger charge is 2.33. The van der Waals surface area contributed by atoms with E-state index in [2.05, 4.69) is 35.6 Å². The van der Waals surface area contributed by atoms with Crippen LogP contribution in [0.15, 0.2) is 16.8 Å². The van der Waals surface area contributed by atoms with Gasteiger partial charge in [-0.3, -0.25) is 4.90 Å².